The second-order valence-corrected chi connectivity index (χ2v) is 7.90. The summed E-state index contributed by atoms with van der Waals surface area (Å²) in [4.78, 5) is 39.0. The second kappa shape index (κ2) is 11.6. The molecule has 1 N–H and O–H groups in total. The molecule has 3 aromatic rings. The van der Waals surface area contributed by atoms with Gasteiger partial charge >= 0.3 is 0 Å². The molecule has 0 aliphatic heterocycles. The Balaban J connectivity index is 1.52. The summed E-state index contributed by atoms with van der Waals surface area (Å²) in [6.07, 6.45) is 0.261. The van der Waals surface area contributed by atoms with E-state index in [1.54, 1.807) is 36.2 Å². The van der Waals surface area contributed by atoms with E-state index in [-0.39, 0.29) is 36.8 Å². The van der Waals surface area contributed by atoms with Crippen LogP contribution in [0.5, 0.6) is 5.75 Å². The Morgan fingerprint density at radius 1 is 0.848 bits per heavy atom. The van der Waals surface area contributed by atoms with Crippen molar-refractivity contribution in [1.29, 1.82) is 0 Å². The van der Waals surface area contributed by atoms with Gasteiger partial charge in [-0.2, -0.15) is 0 Å². The van der Waals surface area contributed by atoms with Gasteiger partial charge in [0.05, 0.1) is 12.1 Å². The number of amides is 2. The number of Topliss-reactive ketones (excluding diaryl/α,β-unsaturated/α-hetero) is 1. The maximum atomic E-state index is 12.7. The minimum absolute atomic E-state index is 0.0909. The smallest absolute Gasteiger partial charge is 0.255 e. The lowest BCUT2D eigenvalue weighted by atomic mass is 10.1. The lowest BCUT2D eigenvalue weighted by Gasteiger charge is -2.18. The van der Waals surface area contributed by atoms with Crippen LogP contribution in [-0.2, 0) is 22.6 Å². The highest BCUT2D eigenvalue weighted by atomic mass is 16.5. The standard InChI is InChI=1S/C27H28N2O4/c1-20-12-14-21(15-13-20)16-23(30)19-33-25-11-7-6-10-24(25)27(32)28-17-26(31)29(2)18-22-8-4-3-5-9-22/h3-15H,16-19H2,1-2H3,(H,28,32). The number of hydrogen-bond acceptors (Lipinski definition) is 4. The molecule has 0 unspecified atom stereocenters. The third-order valence-corrected chi connectivity index (χ3v) is 5.13. The van der Waals surface area contributed by atoms with E-state index in [1.807, 2.05) is 61.5 Å². The molecule has 3 rings (SSSR count). The summed E-state index contributed by atoms with van der Waals surface area (Å²) in [5, 5.41) is 2.64. The number of ether oxygens (including phenoxy) is 1. The van der Waals surface area contributed by atoms with Crippen LogP contribution in [0.3, 0.4) is 0 Å². The number of nitrogens with one attached hydrogen (secondary N) is 1. The van der Waals surface area contributed by atoms with Crippen LogP contribution in [0.4, 0.5) is 0 Å². The van der Waals surface area contributed by atoms with Crippen LogP contribution < -0.4 is 10.1 Å². The van der Waals surface area contributed by atoms with E-state index >= 15 is 0 Å². The Bertz CT molecular complexity index is 1090. The Kier molecular flexibility index (Phi) is 8.36. The quantitative estimate of drug-likeness (QED) is 0.519. The molecule has 0 heterocycles. The summed E-state index contributed by atoms with van der Waals surface area (Å²) >= 11 is 0. The van der Waals surface area contributed by atoms with Crippen LogP contribution >= 0.6 is 0 Å². The van der Waals surface area contributed by atoms with Crippen molar-refractivity contribution in [3.05, 3.63) is 101 Å². The topological polar surface area (TPSA) is 75.7 Å². The first-order valence-electron chi connectivity index (χ1n) is 10.8. The van der Waals surface area contributed by atoms with Crippen LogP contribution in [0.15, 0.2) is 78.9 Å². The van der Waals surface area contributed by atoms with Crippen LogP contribution in [-0.4, -0.2) is 42.7 Å². The van der Waals surface area contributed by atoms with Gasteiger partial charge in [0.2, 0.25) is 5.91 Å². The Hall–Kier alpha value is -3.93. The number of nitrogens with zero attached hydrogens (tertiary/aromatic N) is 1. The van der Waals surface area contributed by atoms with Crippen LogP contribution in [0.2, 0.25) is 0 Å². The summed E-state index contributed by atoms with van der Waals surface area (Å²) < 4.78 is 5.64. The maximum Gasteiger partial charge on any atom is 0.255 e. The van der Waals surface area contributed by atoms with E-state index in [0.29, 0.717) is 12.3 Å². The highest BCUT2D eigenvalue weighted by Crippen LogP contribution is 2.18. The van der Waals surface area contributed by atoms with E-state index in [9.17, 15) is 14.4 Å². The lowest BCUT2D eigenvalue weighted by Crippen LogP contribution is -2.38. The maximum absolute atomic E-state index is 12.7. The van der Waals surface area contributed by atoms with Crippen LogP contribution in [0, 0.1) is 6.92 Å². The predicted molar refractivity (Wildman–Crippen MR) is 127 cm³/mol. The minimum atomic E-state index is -0.432. The van der Waals surface area contributed by atoms with Crippen molar-refractivity contribution in [2.24, 2.45) is 0 Å². The molecule has 0 fully saturated rings. The zero-order chi connectivity index (χ0) is 23.6. The summed E-state index contributed by atoms with van der Waals surface area (Å²) in [6.45, 7) is 2.17. The molecule has 0 saturated carbocycles. The Morgan fingerprint density at radius 3 is 2.24 bits per heavy atom. The van der Waals surface area contributed by atoms with E-state index in [0.717, 1.165) is 16.7 Å². The monoisotopic (exact) mass is 444 g/mol. The number of likely N-dealkylation sites (N-methyl/N-ethyl adjacent to an activating group) is 1. The van der Waals surface area contributed by atoms with Crippen molar-refractivity contribution in [1.82, 2.24) is 10.2 Å². The molecule has 0 aromatic heterocycles. The summed E-state index contributed by atoms with van der Waals surface area (Å²) in [5.41, 5.74) is 3.33. The Morgan fingerprint density at radius 2 is 1.52 bits per heavy atom. The molecule has 6 heteroatoms. The van der Waals surface area contributed by atoms with Crippen molar-refractivity contribution in [2.45, 2.75) is 19.9 Å². The first-order valence-corrected chi connectivity index (χ1v) is 10.8. The minimum Gasteiger partial charge on any atom is -0.485 e. The van der Waals surface area contributed by atoms with Gasteiger partial charge < -0.3 is 15.0 Å². The average Bonchev–Trinajstić information content (AvgIpc) is 2.83. The predicted octanol–water partition coefficient (Wildman–Crippen LogP) is 3.57. The number of rotatable bonds is 10. The van der Waals surface area contributed by atoms with Gasteiger partial charge in [0, 0.05) is 20.0 Å². The molecule has 0 saturated heterocycles. The number of carbonyl (C=O) groups excluding carboxylic acids is 3. The number of aryl methyl sites for hydroxylation is 1. The highest BCUT2D eigenvalue weighted by Gasteiger charge is 2.16. The zero-order valence-corrected chi connectivity index (χ0v) is 18.9. The van der Waals surface area contributed by atoms with Gasteiger partial charge in [-0.25, -0.2) is 0 Å². The molecule has 0 radical (unpaired) electrons. The highest BCUT2D eigenvalue weighted by molar-refractivity contribution is 5.98. The first-order chi connectivity index (χ1) is 15.9. The average molecular weight is 445 g/mol. The van der Waals surface area contributed by atoms with Crippen molar-refractivity contribution in [3.8, 4) is 5.75 Å². The molecule has 0 bridgehead atoms. The third-order valence-electron chi connectivity index (χ3n) is 5.13. The molecule has 0 spiro atoms. The fraction of sp³-hybridized carbons (Fsp3) is 0.222. The Labute approximate surface area is 194 Å². The molecule has 0 aliphatic carbocycles. The van der Waals surface area contributed by atoms with Crippen molar-refractivity contribution >= 4 is 17.6 Å². The van der Waals surface area contributed by atoms with E-state index in [1.165, 1.54) is 0 Å². The molecule has 0 aliphatic rings. The summed E-state index contributed by atoms with van der Waals surface area (Å²) in [7, 11) is 1.69. The fourth-order valence-corrected chi connectivity index (χ4v) is 3.25. The molecule has 6 nitrogen and oxygen atoms in total. The van der Waals surface area contributed by atoms with Crippen LogP contribution in [0.1, 0.15) is 27.0 Å². The number of hydrogen-bond donors (Lipinski definition) is 1. The van der Waals surface area contributed by atoms with Crippen molar-refractivity contribution in [2.75, 3.05) is 20.2 Å². The number of para-hydroxylation sites is 1. The molecular formula is C27H28N2O4. The number of benzene rings is 3. The molecule has 170 valence electrons. The third kappa shape index (κ3) is 7.31. The SMILES string of the molecule is Cc1ccc(CC(=O)COc2ccccc2C(=O)NCC(=O)N(C)Cc2ccccc2)cc1. The van der Waals surface area contributed by atoms with Crippen LogP contribution in [0.25, 0.3) is 0 Å². The van der Waals surface area contributed by atoms with Gasteiger partial charge in [0.1, 0.15) is 12.4 Å². The van der Waals surface area contributed by atoms with E-state index in [4.69, 9.17) is 4.74 Å². The molecule has 0 atom stereocenters. The van der Waals surface area contributed by atoms with E-state index < -0.39 is 5.91 Å². The van der Waals surface area contributed by atoms with Gasteiger partial charge in [-0.05, 0) is 30.2 Å². The zero-order valence-electron chi connectivity index (χ0n) is 18.9. The molecule has 3 aromatic carbocycles. The number of ketones is 1. The van der Waals surface area contributed by atoms with Gasteiger partial charge in [0.15, 0.2) is 5.78 Å². The fourth-order valence-electron chi connectivity index (χ4n) is 3.25. The van der Waals surface area contributed by atoms with Gasteiger partial charge in [-0.1, -0.05) is 72.3 Å². The first kappa shape index (κ1) is 23.7. The second-order valence-electron chi connectivity index (χ2n) is 7.90. The number of carbonyl (C=O) groups is 3. The lowest BCUT2D eigenvalue weighted by molar-refractivity contribution is -0.129. The van der Waals surface area contributed by atoms with Gasteiger partial charge in [0.25, 0.3) is 5.91 Å². The summed E-state index contributed by atoms with van der Waals surface area (Å²) in [6, 6.07) is 24.1. The van der Waals surface area contributed by atoms with Crippen molar-refractivity contribution < 1.29 is 19.1 Å². The molecule has 2 amide bonds. The normalized spacial score (nSPS) is 10.4. The molecule has 33 heavy (non-hydrogen) atoms. The van der Waals surface area contributed by atoms with E-state index in [2.05, 4.69) is 5.32 Å². The summed E-state index contributed by atoms with van der Waals surface area (Å²) in [5.74, 6) is -0.430. The van der Waals surface area contributed by atoms with Gasteiger partial charge in [-0.3, -0.25) is 14.4 Å². The largest absolute Gasteiger partial charge is 0.485 e. The molecular weight excluding hydrogens is 416 g/mol. The van der Waals surface area contributed by atoms with Gasteiger partial charge in [-0.15, -0.1) is 0 Å². The van der Waals surface area contributed by atoms with Crippen molar-refractivity contribution in [3.63, 3.8) is 0 Å².